The number of carbonyl (C=O) groups is 1. The standard InChI is InChI=1S/C12H19N3O3/c1-8-4-12(18-14-8)13-11(16)6-15-5-10(3)17-7-9(15)2/h4,9-10H,5-7H2,1-3H3,(H,13,16). The van der Waals surface area contributed by atoms with Gasteiger partial charge in [0.05, 0.1) is 24.9 Å². The van der Waals surface area contributed by atoms with Gasteiger partial charge >= 0.3 is 0 Å². The summed E-state index contributed by atoms with van der Waals surface area (Å²) in [5.41, 5.74) is 0.749. The van der Waals surface area contributed by atoms with E-state index in [1.807, 2.05) is 13.8 Å². The molecule has 1 aromatic rings. The van der Waals surface area contributed by atoms with E-state index in [-0.39, 0.29) is 18.1 Å². The molecule has 0 radical (unpaired) electrons. The molecule has 2 unspecified atom stereocenters. The number of anilines is 1. The van der Waals surface area contributed by atoms with Crippen LogP contribution in [0.15, 0.2) is 10.6 Å². The van der Waals surface area contributed by atoms with Crippen molar-refractivity contribution in [1.82, 2.24) is 10.1 Å². The maximum atomic E-state index is 11.9. The van der Waals surface area contributed by atoms with Gasteiger partial charge in [0.25, 0.3) is 0 Å². The second kappa shape index (κ2) is 5.49. The van der Waals surface area contributed by atoms with Gasteiger partial charge in [-0.1, -0.05) is 5.16 Å². The van der Waals surface area contributed by atoms with Crippen molar-refractivity contribution in [3.63, 3.8) is 0 Å². The molecule has 0 aromatic carbocycles. The first-order valence-corrected chi connectivity index (χ1v) is 6.13. The zero-order valence-electron chi connectivity index (χ0n) is 11.0. The van der Waals surface area contributed by atoms with E-state index in [4.69, 9.17) is 9.26 Å². The number of carbonyl (C=O) groups excluding carboxylic acids is 1. The Morgan fingerprint density at radius 1 is 1.61 bits per heavy atom. The predicted octanol–water partition coefficient (Wildman–Crippen LogP) is 1.03. The van der Waals surface area contributed by atoms with Gasteiger partial charge in [0.1, 0.15) is 0 Å². The molecule has 18 heavy (non-hydrogen) atoms. The largest absolute Gasteiger partial charge is 0.376 e. The quantitative estimate of drug-likeness (QED) is 0.871. The second-order valence-electron chi connectivity index (χ2n) is 4.80. The van der Waals surface area contributed by atoms with Gasteiger partial charge < -0.3 is 9.26 Å². The highest BCUT2D eigenvalue weighted by atomic mass is 16.5. The van der Waals surface area contributed by atoms with Crippen molar-refractivity contribution in [2.24, 2.45) is 0 Å². The predicted molar refractivity (Wildman–Crippen MR) is 66.3 cm³/mol. The smallest absolute Gasteiger partial charge is 0.240 e. The Kier molecular flexibility index (Phi) is 3.98. The number of nitrogens with zero attached hydrogens (tertiary/aromatic N) is 2. The number of rotatable bonds is 3. The van der Waals surface area contributed by atoms with Crippen molar-refractivity contribution in [2.45, 2.75) is 32.9 Å². The van der Waals surface area contributed by atoms with E-state index in [2.05, 4.69) is 22.3 Å². The molecular weight excluding hydrogens is 234 g/mol. The average molecular weight is 253 g/mol. The summed E-state index contributed by atoms with van der Waals surface area (Å²) in [5, 5.41) is 6.42. The Morgan fingerprint density at radius 2 is 2.39 bits per heavy atom. The lowest BCUT2D eigenvalue weighted by Gasteiger charge is -2.36. The van der Waals surface area contributed by atoms with Crippen molar-refractivity contribution in [1.29, 1.82) is 0 Å². The molecule has 1 aliphatic heterocycles. The highest BCUT2D eigenvalue weighted by molar-refractivity contribution is 5.91. The number of hydrogen-bond acceptors (Lipinski definition) is 5. The topological polar surface area (TPSA) is 67.6 Å². The first kappa shape index (κ1) is 13.0. The summed E-state index contributed by atoms with van der Waals surface area (Å²) in [6.45, 7) is 7.65. The Labute approximate surface area is 106 Å². The molecule has 1 amide bonds. The van der Waals surface area contributed by atoms with Gasteiger partial charge in [-0.3, -0.25) is 15.0 Å². The Hall–Kier alpha value is -1.40. The summed E-state index contributed by atoms with van der Waals surface area (Å²) in [6.07, 6.45) is 0.168. The minimum Gasteiger partial charge on any atom is -0.376 e. The summed E-state index contributed by atoms with van der Waals surface area (Å²) in [6, 6.07) is 1.95. The molecule has 0 bridgehead atoms. The number of hydrogen-bond donors (Lipinski definition) is 1. The zero-order chi connectivity index (χ0) is 13.1. The number of nitrogens with one attached hydrogen (secondary N) is 1. The summed E-state index contributed by atoms with van der Waals surface area (Å²) >= 11 is 0. The SMILES string of the molecule is Cc1cc(NC(=O)CN2CC(C)OCC2C)on1. The Balaban J connectivity index is 1.86. The van der Waals surface area contributed by atoms with Crippen LogP contribution in [0.5, 0.6) is 0 Å². The van der Waals surface area contributed by atoms with Gasteiger partial charge in [0.2, 0.25) is 11.8 Å². The third-order valence-electron chi connectivity index (χ3n) is 2.97. The maximum absolute atomic E-state index is 11.9. The fourth-order valence-corrected chi connectivity index (χ4v) is 1.98. The van der Waals surface area contributed by atoms with E-state index in [0.29, 0.717) is 19.0 Å². The van der Waals surface area contributed by atoms with Crippen molar-refractivity contribution in [2.75, 3.05) is 25.0 Å². The molecule has 1 saturated heterocycles. The lowest BCUT2D eigenvalue weighted by Crippen LogP contribution is -2.50. The molecule has 0 aliphatic carbocycles. The summed E-state index contributed by atoms with van der Waals surface area (Å²) in [5.74, 6) is 0.304. The van der Waals surface area contributed by atoms with Gasteiger partial charge in [-0.25, -0.2) is 0 Å². The lowest BCUT2D eigenvalue weighted by molar-refractivity contribution is -0.121. The third kappa shape index (κ3) is 3.30. The van der Waals surface area contributed by atoms with E-state index >= 15 is 0 Å². The van der Waals surface area contributed by atoms with Crippen molar-refractivity contribution >= 4 is 11.8 Å². The second-order valence-corrected chi connectivity index (χ2v) is 4.80. The first-order valence-electron chi connectivity index (χ1n) is 6.13. The summed E-state index contributed by atoms with van der Waals surface area (Å²) < 4.78 is 10.5. The van der Waals surface area contributed by atoms with E-state index < -0.39 is 0 Å². The van der Waals surface area contributed by atoms with Crippen LogP contribution >= 0.6 is 0 Å². The van der Waals surface area contributed by atoms with Gasteiger partial charge in [-0.05, 0) is 20.8 Å². The average Bonchev–Trinajstić information content (AvgIpc) is 2.69. The van der Waals surface area contributed by atoms with Crippen molar-refractivity contribution in [3.8, 4) is 0 Å². The van der Waals surface area contributed by atoms with E-state index in [9.17, 15) is 4.79 Å². The number of morpholine rings is 1. The molecule has 6 nitrogen and oxygen atoms in total. The first-order chi connectivity index (χ1) is 8.54. The van der Waals surface area contributed by atoms with Crippen molar-refractivity contribution < 1.29 is 14.1 Å². The van der Waals surface area contributed by atoms with Gasteiger partial charge in [-0.15, -0.1) is 0 Å². The Bertz CT molecular complexity index is 418. The van der Waals surface area contributed by atoms with Crippen LogP contribution in [0, 0.1) is 6.92 Å². The molecule has 100 valence electrons. The van der Waals surface area contributed by atoms with Gasteiger partial charge in [0.15, 0.2) is 0 Å². The third-order valence-corrected chi connectivity index (χ3v) is 2.97. The monoisotopic (exact) mass is 253 g/mol. The van der Waals surface area contributed by atoms with Crippen LogP contribution in [0.25, 0.3) is 0 Å². The lowest BCUT2D eigenvalue weighted by atomic mass is 10.2. The van der Waals surface area contributed by atoms with Crippen LogP contribution in [0.4, 0.5) is 5.88 Å². The van der Waals surface area contributed by atoms with E-state index in [1.165, 1.54) is 0 Å². The molecule has 1 aliphatic rings. The molecule has 2 atom stereocenters. The molecular formula is C12H19N3O3. The zero-order valence-corrected chi connectivity index (χ0v) is 11.0. The fourth-order valence-electron chi connectivity index (χ4n) is 1.98. The molecule has 1 fully saturated rings. The molecule has 1 aromatic heterocycles. The highest BCUT2D eigenvalue weighted by Gasteiger charge is 2.25. The van der Waals surface area contributed by atoms with Gasteiger partial charge in [-0.2, -0.15) is 0 Å². The van der Waals surface area contributed by atoms with Crippen LogP contribution < -0.4 is 5.32 Å². The van der Waals surface area contributed by atoms with Crippen LogP contribution in [-0.2, 0) is 9.53 Å². The van der Waals surface area contributed by atoms with E-state index in [0.717, 1.165) is 12.2 Å². The number of aromatic nitrogens is 1. The van der Waals surface area contributed by atoms with Crippen LogP contribution in [0.3, 0.4) is 0 Å². The molecule has 2 rings (SSSR count). The molecule has 0 spiro atoms. The normalized spacial score (nSPS) is 25.1. The van der Waals surface area contributed by atoms with Gasteiger partial charge in [0, 0.05) is 18.7 Å². The van der Waals surface area contributed by atoms with Crippen LogP contribution in [0.2, 0.25) is 0 Å². The Morgan fingerprint density at radius 3 is 3.06 bits per heavy atom. The van der Waals surface area contributed by atoms with Crippen LogP contribution in [0.1, 0.15) is 19.5 Å². The van der Waals surface area contributed by atoms with Crippen LogP contribution in [-0.4, -0.2) is 47.8 Å². The minimum absolute atomic E-state index is 0.0906. The summed E-state index contributed by atoms with van der Waals surface area (Å²) in [7, 11) is 0. The minimum atomic E-state index is -0.0906. The number of amides is 1. The molecule has 0 saturated carbocycles. The van der Waals surface area contributed by atoms with E-state index in [1.54, 1.807) is 6.07 Å². The number of ether oxygens (including phenoxy) is 1. The fraction of sp³-hybridized carbons (Fsp3) is 0.667. The van der Waals surface area contributed by atoms with Crippen molar-refractivity contribution in [3.05, 3.63) is 11.8 Å². The molecule has 2 heterocycles. The highest BCUT2D eigenvalue weighted by Crippen LogP contribution is 2.12. The molecule has 1 N–H and O–H groups in total. The molecule has 6 heteroatoms. The summed E-state index contributed by atoms with van der Waals surface area (Å²) in [4.78, 5) is 14.0. The maximum Gasteiger partial charge on any atom is 0.240 e. The number of aryl methyl sites for hydroxylation is 1.